The highest BCUT2D eigenvalue weighted by atomic mass is 16.5. The Hall–Kier alpha value is -2.82. The third-order valence-electron chi connectivity index (χ3n) is 3.12. The second kappa shape index (κ2) is 5.05. The summed E-state index contributed by atoms with van der Waals surface area (Å²) in [6.45, 7) is 0. The van der Waals surface area contributed by atoms with E-state index in [0.717, 1.165) is 28.1 Å². The number of aromatic nitrogens is 3. The average Bonchev–Trinajstić information content (AvgIpc) is 2.89. The molecule has 100 valence electrons. The lowest BCUT2D eigenvalue weighted by Gasteiger charge is -2.08. The first-order valence-electron chi connectivity index (χ1n) is 6.19. The Balaban J connectivity index is 2.22. The number of anilines is 1. The van der Waals surface area contributed by atoms with Gasteiger partial charge in [-0.1, -0.05) is 18.2 Å². The number of nitrogens with one attached hydrogen (secondary N) is 1. The summed E-state index contributed by atoms with van der Waals surface area (Å²) in [7, 11) is 1.64. The molecule has 3 N–H and O–H groups in total. The van der Waals surface area contributed by atoms with Gasteiger partial charge in [0, 0.05) is 23.5 Å². The molecule has 0 spiro atoms. The molecular weight excluding hydrogens is 252 g/mol. The summed E-state index contributed by atoms with van der Waals surface area (Å²) in [5, 5.41) is 7.09. The van der Waals surface area contributed by atoms with Crippen molar-refractivity contribution in [1.82, 2.24) is 15.2 Å². The van der Waals surface area contributed by atoms with Gasteiger partial charge in [-0.2, -0.15) is 5.10 Å². The molecule has 2 heterocycles. The number of benzene rings is 1. The number of rotatable bonds is 3. The lowest BCUT2D eigenvalue weighted by molar-refractivity contribution is 0.416. The van der Waals surface area contributed by atoms with Crippen molar-refractivity contribution in [1.29, 1.82) is 0 Å². The molecule has 1 aromatic carbocycles. The highest BCUT2D eigenvalue weighted by Gasteiger charge is 2.17. The predicted molar refractivity (Wildman–Crippen MR) is 78.2 cm³/mol. The molecule has 5 nitrogen and oxygen atoms in total. The molecule has 3 rings (SSSR count). The number of nitrogens with zero attached hydrogens (tertiary/aromatic N) is 2. The number of nitrogens with two attached hydrogens (primary N) is 1. The third kappa shape index (κ3) is 1.99. The Morgan fingerprint density at radius 2 is 2.00 bits per heavy atom. The van der Waals surface area contributed by atoms with Gasteiger partial charge < -0.3 is 10.5 Å². The fourth-order valence-corrected chi connectivity index (χ4v) is 2.20. The van der Waals surface area contributed by atoms with Crippen LogP contribution in [0.1, 0.15) is 0 Å². The topological polar surface area (TPSA) is 76.8 Å². The molecule has 0 aliphatic rings. The molecule has 0 fully saturated rings. The maximum atomic E-state index is 5.99. The van der Waals surface area contributed by atoms with Gasteiger partial charge in [-0.3, -0.25) is 10.1 Å². The zero-order chi connectivity index (χ0) is 13.9. The van der Waals surface area contributed by atoms with E-state index < -0.39 is 0 Å². The fourth-order valence-electron chi connectivity index (χ4n) is 2.20. The number of hydrogen-bond acceptors (Lipinski definition) is 4. The Bertz CT molecular complexity index is 722. The van der Waals surface area contributed by atoms with E-state index in [1.807, 2.05) is 36.4 Å². The number of methoxy groups -OCH3 is 1. The first-order chi connectivity index (χ1) is 9.81. The van der Waals surface area contributed by atoms with E-state index in [1.54, 1.807) is 19.5 Å². The Morgan fingerprint density at radius 3 is 2.75 bits per heavy atom. The normalized spacial score (nSPS) is 10.4. The van der Waals surface area contributed by atoms with Crippen LogP contribution in [0.5, 0.6) is 5.75 Å². The summed E-state index contributed by atoms with van der Waals surface area (Å²) >= 11 is 0. The molecular formula is C15H14N4O. The Kier molecular flexibility index (Phi) is 3.09. The maximum Gasteiger partial charge on any atom is 0.153 e. The molecule has 0 atom stereocenters. The number of para-hydroxylation sites is 1. The number of hydrogen-bond donors (Lipinski definition) is 2. The minimum absolute atomic E-state index is 0.443. The van der Waals surface area contributed by atoms with E-state index in [-0.39, 0.29) is 0 Å². The highest BCUT2D eigenvalue weighted by molar-refractivity contribution is 5.89. The van der Waals surface area contributed by atoms with Crippen molar-refractivity contribution in [3.8, 4) is 28.1 Å². The number of aromatic amines is 1. The summed E-state index contributed by atoms with van der Waals surface area (Å²) < 4.78 is 5.40. The van der Waals surface area contributed by atoms with Gasteiger partial charge in [-0.15, -0.1) is 0 Å². The van der Waals surface area contributed by atoms with Gasteiger partial charge in [0.25, 0.3) is 0 Å². The van der Waals surface area contributed by atoms with Crippen LogP contribution in [0.2, 0.25) is 0 Å². The standard InChI is InChI=1S/C15H14N4O/c1-20-12-7-3-2-6-11(12)14-13(15(16)19-18-14)10-5-4-8-17-9-10/h2-9H,1H3,(H3,16,18,19). The number of pyridine rings is 1. The van der Waals surface area contributed by atoms with Gasteiger partial charge in [-0.25, -0.2) is 0 Å². The Labute approximate surface area is 116 Å². The molecule has 3 aromatic rings. The van der Waals surface area contributed by atoms with Crippen LogP contribution in [0, 0.1) is 0 Å². The lowest BCUT2D eigenvalue weighted by Crippen LogP contribution is -1.91. The fraction of sp³-hybridized carbons (Fsp3) is 0.0667. The quantitative estimate of drug-likeness (QED) is 0.764. The Morgan fingerprint density at radius 1 is 1.15 bits per heavy atom. The monoisotopic (exact) mass is 266 g/mol. The predicted octanol–water partition coefficient (Wildman–Crippen LogP) is 2.73. The molecule has 0 saturated carbocycles. The van der Waals surface area contributed by atoms with Gasteiger partial charge in [-0.05, 0) is 18.2 Å². The second-order valence-electron chi connectivity index (χ2n) is 4.30. The van der Waals surface area contributed by atoms with Gasteiger partial charge in [0.15, 0.2) is 5.82 Å². The molecule has 0 amide bonds. The minimum atomic E-state index is 0.443. The number of ether oxygens (including phenoxy) is 1. The summed E-state index contributed by atoms with van der Waals surface area (Å²) in [5.41, 5.74) is 9.49. The van der Waals surface area contributed by atoms with Crippen LogP contribution in [-0.4, -0.2) is 22.3 Å². The molecule has 0 aliphatic carbocycles. The smallest absolute Gasteiger partial charge is 0.153 e. The van der Waals surface area contributed by atoms with E-state index in [4.69, 9.17) is 10.5 Å². The van der Waals surface area contributed by atoms with Crippen LogP contribution in [0.25, 0.3) is 22.4 Å². The summed E-state index contributed by atoms with van der Waals surface area (Å²) in [4.78, 5) is 4.13. The van der Waals surface area contributed by atoms with Crippen LogP contribution in [0.15, 0.2) is 48.8 Å². The first kappa shape index (κ1) is 12.2. The number of nitrogen functional groups attached to an aromatic ring is 1. The van der Waals surface area contributed by atoms with E-state index >= 15 is 0 Å². The number of H-pyrrole nitrogens is 1. The third-order valence-corrected chi connectivity index (χ3v) is 3.12. The molecule has 0 unspecified atom stereocenters. The van der Waals surface area contributed by atoms with Crippen molar-refractivity contribution >= 4 is 5.82 Å². The molecule has 2 aromatic heterocycles. The highest BCUT2D eigenvalue weighted by Crippen LogP contribution is 2.38. The van der Waals surface area contributed by atoms with Crippen molar-refractivity contribution in [3.63, 3.8) is 0 Å². The zero-order valence-electron chi connectivity index (χ0n) is 11.0. The molecule has 0 radical (unpaired) electrons. The SMILES string of the molecule is COc1ccccc1-c1[nH]nc(N)c1-c1cccnc1. The van der Waals surface area contributed by atoms with Gasteiger partial charge in [0.2, 0.25) is 0 Å². The van der Waals surface area contributed by atoms with Crippen LogP contribution in [-0.2, 0) is 0 Å². The van der Waals surface area contributed by atoms with Crippen molar-refractivity contribution in [2.75, 3.05) is 12.8 Å². The van der Waals surface area contributed by atoms with Crippen LogP contribution >= 0.6 is 0 Å². The van der Waals surface area contributed by atoms with Crippen molar-refractivity contribution in [2.24, 2.45) is 0 Å². The van der Waals surface area contributed by atoms with Gasteiger partial charge >= 0.3 is 0 Å². The minimum Gasteiger partial charge on any atom is -0.496 e. The molecule has 0 saturated heterocycles. The van der Waals surface area contributed by atoms with E-state index in [1.165, 1.54) is 0 Å². The maximum absolute atomic E-state index is 5.99. The largest absolute Gasteiger partial charge is 0.496 e. The zero-order valence-corrected chi connectivity index (χ0v) is 11.0. The second-order valence-corrected chi connectivity index (χ2v) is 4.30. The molecule has 5 heteroatoms. The van der Waals surface area contributed by atoms with Crippen LogP contribution in [0.3, 0.4) is 0 Å². The first-order valence-corrected chi connectivity index (χ1v) is 6.19. The average molecular weight is 266 g/mol. The van der Waals surface area contributed by atoms with Gasteiger partial charge in [0.1, 0.15) is 5.75 Å². The van der Waals surface area contributed by atoms with Crippen LogP contribution in [0.4, 0.5) is 5.82 Å². The van der Waals surface area contributed by atoms with Crippen LogP contribution < -0.4 is 10.5 Å². The van der Waals surface area contributed by atoms with Crippen molar-refractivity contribution in [3.05, 3.63) is 48.8 Å². The van der Waals surface area contributed by atoms with Crippen molar-refractivity contribution in [2.45, 2.75) is 0 Å². The molecule has 0 bridgehead atoms. The van der Waals surface area contributed by atoms with Crippen molar-refractivity contribution < 1.29 is 4.74 Å². The van der Waals surface area contributed by atoms with E-state index in [0.29, 0.717) is 5.82 Å². The van der Waals surface area contributed by atoms with E-state index in [9.17, 15) is 0 Å². The summed E-state index contributed by atoms with van der Waals surface area (Å²) in [5.74, 6) is 1.21. The summed E-state index contributed by atoms with van der Waals surface area (Å²) in [6.07, 6.45) is 3.49. The molecule has 0 aliphatic heterocycles. The van der Waals surface area contributed by atoms with E-state index in [2.05, 4.69) is 15.2 Å². The molecule has 20 heavy (non-hydrogen) atoms. The summed E-state index contributed by atoms with van der Waals surface area (Å²) in [6, 6.07) is 11.6. The van der Waals surface area contributed by atoms with Gasteiger partial charge in [0.05, 0.1) is 18.4 Å². The lowest BCUT2D eigenvalue weighted by atomic mass is 10.0.